The number of furan rings is 1. The summed E-state index contributed by atoms with van der Waals surface area (Å²) in [5, 5.41) is 10.6. The number of rotatable bonds is 6. The van der Waals surface area contributed by atoms with Gasteiger partial charge < -0.3 is 14.6 Å². The van der Waals surface area contributed by atoms with Crippen LogP contribution in [0, 0.1) is 5.92 Å². The average Bonchev–Trinajstić information content (AvgIpc) is 3.30. The van der Waals surface area contributed by atoms with Gasteiger partial charge >= 0.3 is 0 Å². The number of halogens is 1. The highest BCUT2D eigenvalue weighted by molar-refractivity contribution is 14.0. The highest BCUT2D eigenvalue weighted by Crippen LogP contribution is 2.14. The molecule has 3 heterocycles. The van der Waals surface area contributed by atoms with Crippen molar-refractivity contribution in [3.8, 4) is 11.6 Å². The van der Waals surface area contributed by atoms with Gasteiger partial charge in [0, 0.05) is 52.7 Å². The van der Waals surface area contributed by atoms with Gasteiger partial charge in [-0.2, -0.15) is 5.10 Å². The van der Waals surface area contributed by atoms with Crippen molar-refractivity contribution >= 4 is 29.9 Å². The Labute approximate surface area is 177 Å². The minimum atomic E-state index is 0. The topological polar surface area (TPSA) is 85.6 Å². The van der Waals surface area contributed by atoms with Crippen molar-refractivity contribution in [3.63, 3.8) is 0 Å². The molecule has 2 aromatic heterocycles. The van der Waals surface area contributed by atoms with E-state index in [1.165, 1.54) is 6.54 Å². The van der Waals surface area contributed by atoms with Crippen LogP contribution >= 0.6 is 24.0 Å². The standard InChI is InChI=1S/C18H29N7O.HI/c1-14(2)13-24-8-10-25(11-9-24)18(19-3)20-7-6-16-21-17(23-22-16)15-5-4-12-26-15;/h4-5,12,14H,6-11,13H2,1-3H3,(H,19,20)(H,21,22,23);1H. The summed E-state index contributed by atoms with van der Waals surface area (Å²) in [6.45, 7) is 10.7. The molecular formula is C18H30IN7O. The van der Waals surface area contributed by atoms with E-state index in [1.807, 2.05) is 19.2 Å². The quantitative estimate of drug-likeness (QED) is 0.369. The number of H-pyrrole nitrogens is 1. The van der Waals surface area contributed by atoms with E-state index in [2.05, 4.69) is 49.1 Å². The number of hydrogen-bond donors (Lipinski definition) is 2. The molecule has 0 saturated carbocycles. The van der Waals surface area contributed by atoms with Crippen LogP contribution in [0.1, 0.15) is 19.7 Å². The third kappa shape index (κ3) is 6.20. The molecule has 0 radical (unpaired) electrons. The molecule has 1 aliphatic rings. The van der Waals surface area contributed by atoms with Crippen molar-refractivity contribution in [1.82, 2.24) is 30.3 Å². The van der Waals surface area contributed by atoms with Crippen LogP contribution in [0.4, 0.5) is 0 Å². The minimum Gasteiger partial charge on any atom is -0.461 e. The Balaban J connectivity index is 0.00000261. The highest BCUT2D eigenvalue weighted by atomic mass is 127. The Kier molecular flexibility index (Phi) is 8.55. The molecule has 2 aromatic rings. The van der Waals surface area contributed by atoms with Crippen molar-refractivity contribution < 1.29 is 4.42 Å². The largest absolute Gasteiger partial charge is 0.461 e. The highest BCUT2D eigenvalue weighted by Gasteiger charge is 2.19. The average molecular weight is 487 g/mol. The smallest absolute Gasteiger partial charge is 0.216 e. The molecule has 2 N–H and O–H groups in total. The van der Waals surface area contributed by atoms with Crippen LogP contribution in [0.3, 0.4) is 0 Å². The van der Waals surface area contributed by atoms with Crippen LogP contribution in [-0.4, -0.2) is 77.3 Å². The number of nitrogens with one attached hydrogen (secondary N) is 2. The zero-order valence-corrected chi connectivity index (χ0v) is 18.6. The van der Waals surface area contributed by atoms with Gasteiger partial charge in [0.25, 0.3) is 0 Å². The molecule has 8 nitrogen and oxygen atoms in total. The minimum absolute atomic E-state index is 0. The van der Waals surface area contributed by atoms with E-state index < -0.39 is 0 Å². The molecule has 0 atom stereocenters. The molecule has 9 heteroatoms. The van der Waals surface area contributed by atoms with Crippen molar-refractivity contribution in [2.24, 2.45) is 10.9 Å². The first-order valence-electron chi connectivity index (χ1n) is 9.29. The van der Waals surface area contributed by atoms with Crippen LogP contribution in [0.5, 0.6) is 0 Å². The van der Waals surface area contributed by atoms with Gasteiger partial charge in [0.05, 0.1) is 6.26 Å². The van der Waals surface area contributed by atoms with Gasteiger partial charge in [0.1, 0.15) is 5.82 Å². The Morgan fingerprint density at radius 3 is 2.74 bits per heavy atom. The Morgan fingerprint density at radius 1 is 1.33 bits per heavy atom. The lowest BCUT2D eigenvalue weighted by Gasteiger charge is -2.37. The molecule has 3 rings (SSSR count). The summed E-state index contributed by atoms with van der Waals surface area (Å²) in [5.41, 5.74) is 0. The van der Waals surface area contributed by atoms with E-state index in [0.29, 0.717) is 17.5 Å². The Morgan fingerprint density at radius 2 is 2.11 bits per heavy atom. The first-order valence-corrected chi connectivity index (χ1v) is 9.29. The SMILES string of the molecule is CN=C(NCCc1nc(-c2ccco2)n[nH]1)N1CCN(CC(C)C)CC1.I. The normalized spacial score (nSPS) is 15.9. The third-order valence-electron chi connectivity index (χ3n) is 4.43. The molecule has 1 aliphatic heterocycles. The van der Waals surface area contributed by atoms with Gasteiger partial charge in [0.2, 0.25) is 5.82 Å². The Hall–Kier alpha value is -1.62. The van der Waals surface area contributed by atoms with Crippen LogP contribution < -0.4 is 5.32 Å². The molecule has 0 bridgehead atoms. The van der Waals surface area contributed by atoms with E-state index in [1.54, 1.807) is 6.26 Å². The number of aromatic amines is 1. The van der Waals surface area contributed by atoms with Gasteiger partial charge in [-0.3, -0.25) is 15.0 Å². The van der Waals surface area contributed by atoms with Gasteiger partial charge in [0.15, 0.2) is 11.7 Å². The van der Waals surface area contributed by atoms with E-state index in [0.717, 1.165) is 50.9 Å². The number of aromatic nitrogens is 3. The van der Waals surface area contributed by atoms with Crippen LogP contribution in [0.2, 0.25) is 0 Å². The predicted molar refractivity (Wildman–Crippen MR) is 117 cm³/mol. The summed E-state index contributed by atoms with van der Waals surface area (Å²) in [4.78, 5) is 13.7. The van der Waals surface area contributed by atoms with Crippen LogP contribution in [-0.2, 0) is 6.42 Å². The van der Waals surface area contributed by atoms with Crippen LogP contribution in [0.25, 0.3) is 11.6 Å². The summed E-state index contributed by atoms with van der Waals surface area (Å²) < 4.78 is 5.31. The summed E-state index contributed by atoms with van der Waals surface area (Å²) in [7, 11) is 1.84. The summed E-state index contributed by atoms with van der Waals surface area (Å²) >= 11 is 0. The summed E-state index contributed by atoms with van der Waals surface area (Å²) in [6.07, 6.45) is 2.37. The predicted octanol–water partition coefficient (Wildman–Crippen LogP) is 2.07. The number of nitrogens with zero attached hydrogens (tertiary/aromatic N) is 5. The first-order chi connectivity index (χ1) is 12.7. The fraction of sp³-hybridized carbons (Fsp3) is 0.611. The summed E-state index contributed by atoms with van der Waals surface area (Å²) in [5.74, 6) is 3.78. The second-order valence-electron chi connectivity index (χ2n) is 6.99. The van der Waals surface area contributed by atoms with Gasteiger partial charge in [-0.1, -0.05) is 13.8 Å². The number of piperazine rings is 1. The number of aliphatic imine (C=N–C) groups is 1. The maximum absolute atomic E-state index is 5.31. The third-order valence-corrected chi connectivity index (χ3v) is 4.43. The van der Waals surface area contributed by atoms with Gasteiger partial charge in [-0.05, 0) is 18.1 Å². The van der Waals surface area contributed by atoms with E-state index in [9.17, 15) is 0 Å². The van der Waals surface area contributed by atoms with Crippen molar-refractivity contribution in [3.05, 3.63) is 24.2 Å². The lowest BCUT2D eigenvalue weighted by Crippen LogP contribution is -2.53. The van der Waals surface area contributed by atoms with Crippen molar-refractivity contribution in [2.75, 3.05) is 46.3 Å². The van der Waals surface area contributed by atoms with Gasteiger partial charge in [-0.15, -0.1) is 24.0 Å². The number of guanidine groups is 1. The first kappa shape index (κ1) is 21.7. The fourth-order valence-electron chi connectivity index (χ4n) is 3.21. The van der Waals surface area contributed by atoms with Crippen LogP contribution in [0.15, 0.2) is 27.8 Å². The van der Waals surface area contributed by atoms with Crippen molar-refractivity contribution in [2.45, 2.75) is 20.3 Å². The Bertz CT molecular complexity index is 690. The molecule has 1 fully saturated rings. The molecule has 0 spiro atoms. The van der Waals surface area contributed by atoms with E-state index in [-0.39, 0.29) is 24.0 Å². The van der Waals surface area contributed by atoms with E-state index in [4.69, 9.17) is 4.42 Å². The zero-order chi connectivity index (χ0) is 18.4. The lowest BCUT2D eigenvalue weighted by atomic mass is 10.2. The second-order valence-corrected chi connectivity index (χ2v) is 6.99. The fourth-order valence-corrected chi connectivity index (χ4v) is 3.21. The molecule has 27 heavy (non-hydrogen) atoms. The molecule has 1 saturated heterocycles. The lowest BCUT2D eigenvalue weighted by molar-refractivity contribution is 0.164. The maximum atomic E-state index is 5.31. The maximum Gasteiger partial charge on any atom is 0.216 e. The number of hydrogen-bond acceptors (Lipinski definition) is 5. The molecule has 0 aliphatic carbocycles. The van der Waals surface area contributed by atoms with Crippen molar-refractivity contribution in [1.29, 1.82) is 0 Å². The molecule has 0 amide bonds. The molecule has 0 aromatic carbocycles. The summed E-state index contributed by atoms with van der Waals surface area (Å²) in [6, 6.07) is 3.68. The molecule has 0 unspecified atom stereocenters. The molecule has 150 valence electrons. The van der Waals surface area contributed by atoms with Gasteiger partial charge in [-0.25, -0.2) is 4.98 Å². The second kappa shape index (κ2) is 10.6. The van der Waals surface area contributed by atoms with E-state index >= 15 is 0 Å². The zero-order valence-electron chi connectivity index (χ0n) is 16.3. The molecular weight excluding hydrogens is 457 g/mol. The monoisotopic (exact) mass is 487 g/mol.